The average Bonchev–Trinajstić information content (AvgIpc) is 3.72. The maximum Gasteiger partial charge on any atom is 0.405 e. The van der Waals surface area contributed by atoms with E-state index in [0.29, 0.717) is 31.7 Å². The van der Waals surface area contributed by atoms with Crippen molar-refractivity contribution in [1.82, 2.24) is 30.7 Å². The topological polar surface area (TPSA) is 195 Å². The minimum Gasteiger partial charge on any atom is -0.465 e. The van der Waals surface area contributed by atoms with Gasteiger partial charge in [0.25, 0.3) is 0 Å². The average molecular weight is 719 g/mol. The van der Waals surface area contributed by atoms with Crippen molar-refractivity contribution in [2.45, 2.75) is 108 Å². The summed E-state index contributed by atoms with van der Waals surface area (Å²) in [5, 5.41) is 16.7. The van der Waals surface area contributed by atoms with Gasteiger partial charge in [0.2, 0.25) is 29.5 Å². The Morgan fingerprint density at radius 2 is 1.53 bits per heavy atom. The molecule has 1 aromatic carbocycles. The van der Waals surface area contributed by atoms with Gasteiger partial charge in [-0.2, -0.15) is 0 Å². The zero-order chi connectivity index (χ0) is 37.1. The molecule has 4 fully saturated rings. The fraction of sp³-hybridized carbons (Fsp3) is 0.618. The molecule has 4 heterocycles. The van der Waals surface area contributed by atoms with Crippen molar-refractivity contribution in [1.29, 1.82) is 0 Å². The summed E-state index contributed by atoms with van der Waals surface area (Å²) in [6, 6.07) is -4.82. The Labute approximate surface area is 293 Å². The molecular formula is C34H44F2N6O9. The monoisotopic (exact) mass is 718 g/mol. The molecule has 5 rings (SSSR count). The molecule has 278 valence electrons. The fourth-order valence-corrected chi connectivity index (χ4v) is 7.54. The molecule has 15 nitrogen and oxygen atoms in total. The highest BCUT2D eigenvalue weighted by Crippen LogP contribution is 2.28. The van der Waals surface area contributed by atoms with E-state index in [4.69, 9.17) is 4.74 Å². The van der Waals surface area contributed by atoms with Crippen LogP contribution in [0.1, 0.15) is 64.9 Å². The largest absolute Gasteiger partial charge is 0.465 e. The van der Waals surface area contributed by atoms with Gasteiger partial charge in [-0.15, -0.1) is 0 Å². The number of carbonyl (C=O) groups excluding carboxylic acids is 6. The number of hydrogen-bond acceptors (Lipinski definition) is 8. The molecule has 4 aliphatic rings. The highest BCUT2D eigenvalue weighted by atomic mass is 19.1. The Bertz CT molecular complexity index is 1560. The second kappa shape index (κ2) is 15.6. The molecule has 0 aliphatic carbocycles. The summed E-state index contributed by atoms with van der Waals surface area (Å²) in [4.78, 5) is 98.8. The maximum atomic E-state index is 14.4. The van der Waals surface area contributed by atoms with E-state index in [1.165, 1.54) is 28.5 Å². The van der Waals surface area contributed by atoms with Crippen LogP contribution in [-0.2, 0) is 39.9 Å². The smallest absolute Gasteiger partial charge is 0.405 e. The van der Waals surface area contributed by atoms with Crippen LogP contribution in [0, 0.1) is 17.6 Å². The van der Waals surface area contributed by atoms with Crippen molar-refractivity contribution in [2.24, 2.45) is 5.92 Å². The SMILES string of the molecule is C[C@H]1C[C@H]2C(=O)O[C@@H](C)[C@H](NC(=O)[C@H](Cc3cc(F)cc(F)c3)NC(=O)O)C(=O)N3CCC[C@H]3C(=O)N3CCCC[C@H]3C(=O)N[C@@H](C)C(=O)N2C1. The van der Waals surface area contributed by atoms with Crippen molar-refractivity contribution in [3.8, 4) is 0 Å². The van der Waals surface area contributed by atoms with Crippen LogP contribution in [0.5, 0.6) is 0 Å². The van der Waals surface area contributed by atoms with Crippen molar-refractivity contribution >= 4 is 41.6 Å². The van der Waals surface area contributed by atoms with Gasteiger partial charge in [-0.1, -0.05) is 6.92 Å². The minimum absolute atomic E-state index is 0.0511. The molecule has 17 heteroatoms. The molecule has 1 aromatic rings. The molecule has 0 radical (unpaired) electrons. The van der Waals surface area contributed by atoms with E-state index >= 15 is 0 Å². The molecule has 4 aliphatic heterocycles. The van der Waals surface area contributed by atoms with Crippen LogP contribution < -0.4 is 16.0 Å². The van der Waals surface area contributed by atoms with Crippen molar-refractivity contribution in [3.63, 3.8) is 0 Å². The normalized spacial score (nSPS) is 29.8. The van der Waals surface area contributed by atoms with Crippen LogP contribution >= 0.6 is 0 Å². The number of nitrogens with one attached hydrogen (secondary N) is 3. The number of carbonyl (C=O) groups is 7. The summed E-state index contributed by atoms with van der Waals surface area (Å²) in [7, 11) is 0. The van der Waals surface area contributed by atoms with E-state index in [9.17, 15) is 47.4 Å². The number of fused-ring (bicyclic) bond motifs is 3. The standard InChI is InChI=1S/C34H44F2N6O9/c1-17-11-26-33(48)51-19(3)27(39-28(43)23(38-34(49)50)14-20-12-21(35)15-22(36)13-20)32(47)41-10-6-8-25(41)31(46)40-9-5-4-7-24(40)29(44)37-18(2)30(45)42(26)16-17/h12-13,15,17-19,23-27,38H,4-11,14,16H2,1-3H3,(H,37,44)(H,39,43)(H,49,50)/t17-,18-,19-,23-,24-,25-,26-,27-/m0/s1. The van der Waals surface area contributed by atoms with Crippen molar-refractivity contribution in [3.05, 3.63) is 35.4 Å². The number of hydrogen-bond donors (Lipinski definition) is 4. The van der Waals surface area contributed by atoms with Gasteiger partial charge in [-0.25, -0.2) is 18.4 Å². The quantitative estimate of drug-likeness (QED) is 0.317. The molecule has 0 bridgehead atoms. The van der Waals surface area contributed by atoms with Gasteiger partial charge in [0.15, 0.2) is 0 Å². The van der Waals surface area contributed by atoms with Gasteiger partial charge < -0.3 is 40.5 Å². The molecular weight excluding hydrogens is 674 g/mol. The first kappa shape index (κ1) is 37.4. The van der Waals surface area contributed by atoms with E-state index in [2.05, 4.69) is 10.6 Å². The molecule has 4 saturated heterocycles. The summed E-state index contributed by atoms with van der Waals surface area (Å²) in [5.74, 6) is -6.26. The van der Waals surface area contributed by atoms with Crippen molar-refractivity contribution in [2.75, 3.05) is 19.6 Å². The molecule has 4 N–H and O–H groups in total. The molecule has 0 unspecified atom stereocenters. The van der Waals surface area contributed by atoms with Crippen LogP contribution in [-0.4, -0.2) is 123 Å². The summed E-state index contributed by atoms with van der Waals surface area (Å²) in [5.41, 5.74) is -0.0511. The Balaban J connectivity index is 1.50. The van der Waals surface area contributed by atoms with Crippen LogP contribution in [0.25, 0.3) is 0 Å². The van der Waals surface area contributed by atoms with Gasteiger partial charge >= 0.3 is 12.1 Å². The number of carboxylic acid groups (broad SMARTS) is 1. The van der Waals surface area contributed by atoms with Crippen molar-refractivity contribution < 1.29 is 52.2 Å². The third kappa shape index (κ3) is 8.39. The third-order valence-electron chi connectivity index (χ3n) is 10.0. The minimum atomic E-state index is -1.65. The Morgan fingerprint density at radius 3 is 2.22 bits per heavy atom. The number of halogens is 2. The summed E-state index contributed by atoms with van der Waals surface area (Å²) in [6.07, 6.45) is -0.988. The highest BCUT2D eigenvalue weighted by molar-refractivity contribution is 5.97. The number of ether oxygens (including phenoxy) is 1. The molecule has 0 saturated carbocycles. The highest BCUT2D eigenvalue weighted by Gasteiger charge is 2.47. The lowest BCUT2D eigenvalue weighted by Crippen LogP contribution is -2.63. The number of esters is 1. The van der Waals surface area contributed by atoms with Gasteiger partial charge in [0.05, 0.1) is 0 Å². The number of nitrogens with zero attached hydrogens (tertiary/aromatic N) is 3. The van der Waals surface area contributed by atoms with E-state index < -0.39 is 102 Å². The predicted octanol–water partition coefficient (Wildman–Crippen LogP) is 0.687. The van der Waals surface area contributed by atoms with E-state index in [-0.39, 0.29) is 44.0 Å². The van der Waals surface area contributed by atoms with Crippen LogP contribution in [0.4, 0.5) is 13.6 Å². The van der Waals surface area contributed by atoms with Crippen LogP contribution in [0.15, 0.2) is 18.2 Å². The molecule has 8 atom stereocenters. The Morgan fingerprint density at radius 1 is 0.882 bits per heavy atom. The molecule has 0 spiro atoms. The van der Waals surface area contributed by atoms with Crippen LogP contribution in [0.2, 0.25) is 0 Å². The first-order chi connectivity index (χ1) is 24.1. The second-order valence-electron chi connectivity index (χ2n) is 13.9. The lowest BCUT2D eigenvalue weighted by molar-refractivity contribution is -0.163. The molecule has 51 heavy (non-hydrogen) atoms. The lowest BCUT2D eigenvalue weighted by atomic mass is 9.99. The fourth-order valence-electron chi connectivity index (χ4n) is 7.54. The predicted molar refractivity (Wildman–Crippen MR) is 173 cm³/mol. The lowest BCUT2D eigenvalue weighted by Gasteiger charge is -2.39. The number of amides is 6. The van der Waals surface area contributed by atoms with E-state index in [1.54, 1.807) is 0 Å². The number of benzene rings is 1. The van der Waals surface area contributed by atoms with Crippen LogP contribution in [0.3, 0.4) is 0 Å². The first-order valence-electron chi connectivity index (χ1n) is 17.3. The zero-order valence-corrected chi connectivity index (χ0v) is 28.7. The number of cyclic esters (lactones) is 1. The third-order valence-corrected chi connectivity index (χ3v) is 10.0. The summed E-state index contributed by atoms with van der Waals surface area (Å²) in [6.45, 7) is 5.25. The number of rotatable bonds is 5. The maximum absolute atomic E-state index is 14.4. The Hall–Kier alpha value is -4.83. The Kier molecular flexibility index (Phi) is 11.4. The van der Waals surface area contributed by atoms with Gasteiger partial charge in [0.1, 0.15) is 54.0 Å². The van der Waals surface area contributed by atoms with E-state index in [1.807, 2.05) is 12.2 Å². The zero-order valence-electron chi connectivity index (χ0n) is 28.7. The van der Waals surface area contributed by atoms with E-state index in [0.717, 1.165) is 12.1 Å². The van der Waals surface area contributed by atoms with Gasteiger partial charge in [-0.3, -0.25) is 24.0 Å². The first-order valence-corrected chi connectivity index (χ1v) is 17.3. The number of piperidine rings is 1. The van der Waals surface area contributed by atoms with Gasteiger partial charge in [-0.05, 0) is 76.0 Å². The van der Waals surface area contributed by atoms with Gasteiger partial charge in [0, 0.05) is 32.1 Å². The molecule has 6 amide bonds. The second-order valence-corrected chi connectivity index (χ2v) is 13.9. The summed E-state index contributed by atoms with van der Waals surface area (Å²) >= 11 is 0. The molecule has 0 aromatic heterocycles. The summed E-state index contributed by atoms with van der Waals surface area (Å²) < 4.78 is 33.7.